The Morgan fingerprint density at radius 1 is 1.41 bits per heavy atom. The zero-order chi connectivity index (χ0) is 15.4. The van der Waals surface area contributed by atoms with Crippen LogP contribution in [0.5, 0.6) is 0 Å². The van der Waals surface area contributed by atoms with Gasteiger partial charge in [0.2, 0.25) is 5.91 Å². The summed E-state index contributed by atoms with van der Waals surface area (Å²) in [5, 5.41) is 0. The van der Waals surface area contributed by atoms with E-state index in [1.165, 1.54) is 11.1 Å². The van der Waals surface area contributed by atoms with Crippen molar-refractivity contribution in [1.29, 1.82) is 0 Å². The number of piperidine rings is 1. The molecule has 22 heavy (non-hydrogen) atoms. The number of hydrogen-bond donors (Lipinski definition) is 1. The molecule has 2 unspecified atom stereocenters. The predicted octanol–water partition coefficient (Wildman–Crippen LogP) is 2.23. The van der Waals surface area contributed by atoms with Crippen molar-refractivity contribution in [3.8, 4) is 0 Å². The molecule has 5 heteroatoms. The molecule has 0 aliphatic carbocycles. The van der Waals surface area contributed by atoms with Gasteiger partial charge in [0, 0.05) is 26.2 Å². The van der Waals surface area contributed by atoms with Crippen LogP contribution in [0.2, 0.25) is 0 Å². The third kappa shape index (κ3) is 4.45. The van der Waals surface area contributed by atoms with E-state index < -0.39 is 0 Å². The minimum atomic E-state index is 0. The second-order valence-electron chi connectivity index (χ2n) is 5.97. The fourth-order valence-corrected chi connectivity index (χ4v) is 3.04. The summed E-state index contributed by atoms with van der Waals surface area (Å²) < 4.78 is 5.41. The molecule has 1 aliphatic heterocycles. The maximum Gasteiger partial charge on any atom is 0.227 e. The molecular weight excluding hydrogens is 300 g/mol. The van der Waals surface area contributed by atoms with Gasteiger partial charge in [0.25, 0.3) is 0 Å². The van der Waals surface area contributed by atoms with E-state index in [9.17, 15) is 4.79 Å². The first-order valence-corrected chi connectivity index (χ1v) is 7.63. The van der Waals surface area contributed by atoms with Gasteiger partial charge < -0.3 is 15.4 Å². The van der Waals surface area contributed by atoms with Crippen molar-refractivity contribution < 1.29 is 9.53 Å². The second kappa shape index (κ2) is 8.51. The zero-order valence-corrected chi connectivity index (χ0v) is 14.5. The van der Waals surface area contributed by atoms with Gasteiger partial charge in [-0.2, -0.15) is 0 Å². The summed E-state index contributed by atoms with van der Waals surface area (Å²) in [5.41, 5.74) is 9.32. The number of carbonyl (C=O) groups is 1. The predicted molar refractivity (Wildman–Crippen MR) is 91.5 cm³/mol. The summed E-state index contributed by atoms with van der Waals surface area (Å²) in [5.74, 6) is 0.175. The lowest BCUT2D eigenvalue weighted by Gasteiger charge is -2.38. The molecule has 1 amide bonds. The summed E-state index contributed by atoms with van der Waals surface area (Å²) >= 11 is 0. The number of likely N-dealkylation sites (tertiary alicyclic amines) is 1. The van der Waals surface area contributed by atoms with Crippen molar-refractivity contribution in [2.75, 3.05) is 20.2 Å². The van der Waals surface area contributed by atoms with Crippen LogP contribution in [-0.2, 0) is 16.0 Å². The van der Waals surface area contributed by atoms with E-state index in [0.29, 0.717) is 13.0 Å². The first-order chi connectivity index (χ1) is 10.0. The number of halogens is 1. The summed E-state index contributed by atoms with van der Waals surface area (Å²) in [7, 11) is 1.73. The molecular formula is C17H27ClN2O2. The molecule has 0 aromatic heterocycles. The van der Waals surface area contributed by atoms with Crippen LogP contribution in [0.1, 0.15) is 29.5 Å². The van der Waals surface area contributed by atoms with Crippen LogP contribution in [0.3, 0.4) is 0 Å². The lowest BCUT2D eigenvalue weighted by Crippen LogP contribution is -2.51. The number of rotatable bonds is 4. The highest BCUT2D eigenvalue weighted by atomic mass is 35.5. The number of carbonyl (C=O) groups excluding carboxylic acids is 1. The van der Waals surface area contributed by atoms with Crippen molar-refractivity contribution in [3.63, 3.8) is 0 Å². The van der Waals surface area contributed by atoms with E-state index in [1.807, 2.05) is 4.90 Å². The number of aryl methyl sites for hydroxylation is 2. The van der Waals surface area contributed by atoms with E-state index in [1.54, 1.807) is 7.11 Å². The highest BCUT2D eigenvalue weighted by molar-refractivity contribution is 5.85. The molecule has 1 aromatic carbocycles. The van der Waals surface area contributed by atoms with Crippen molar-refractivity contribution in [2.45, 2.75) is 45.3 Å². The fraction of sp³-hybridized carbons (Fsp3) is 0.588. The number of ether oxygens (including phenoxy) is 1. The second-order valence-corrected chi connectivity index (χ2v) is 5.97. The van der Waals surface area contributed by atoms with Gasteiger partial charge in [0.15, 0.2) is 0 Å². The van der Waals surface area contributed by atoms with Gasteiger partial charge in [-0.3, -0.25) is 4.79 Å². The number of amides is 1. The van der Waals surface area contributed by atoms with Crippen molar-refractivity contribution in [3.05, 3.63) is 34.9 Å². The van der Waals surface area contributed by atoms with Crippen LogP contribution >= 0.6 is 12.4 Å². The topological polar surface area (TPSA) is 55.6 Å². The highest BCUT2D eigenvalue weighted by Crippen LogP contribution is 2.21. The highest BCUT2D eigenvalue weighted by Gasteiger charge is 2.30. The summed E-state index contributed by atoms with van der Waals surface area (Å²) in [4.78, 5) is 14.6. The van der Waals surface area contributed by atoms with Gasteiger partial charge in [-0.1, -0.05) is 23.8 Å². The Hall–Kier alpha value is -1.10. The molecule has 0 bridgehead atoms. The molecule has 1 saturated heterocycles. The number of nitrogens with zero attached hydrogens (tertiary/aromatic N) is 1. The van der Waals surface area contributed by atoms with Gasteiger partial charge in [-0.05, 0) is 37.8 Å². The van der Waals surface area contributed by atoms with Crippen LogP contribution < -0.4 is 5.73 Å². The molecule has 1 fully saturated rings. The molecule has 0 saturated carbocycles. The van der Waals surface area contributed by atoms with Crippen molar-refractivity contribution in [2.24, 2.45) is 5.73 Å². The summed E-state index contributed by atoms with van der Waals surface area (Å²) in [6.45, 7) is 5.35. The van der Waals surface area contributed by atoms with E-state index in [0.717, 1.165) is 24.9 Å². The van der Waals surface area contributed by atoms with Gasteiger partial charge in [-0.25, -0.2) is 0 Å². The van der Waals surface area contributed by atoms with Crippen LogP contribution in [0.25, 0.3) is 0 Å². The van der Waals surface area contributed by atoms with Crippen LogP contribution in [0.15, 0.2) is 18.2 Å². The molecule has 1 aromatic rings. The quantitative estimate of drug-likeness (QED) is 0.923. The van der Waals surface area contributed by atoms with Gasteiger partial charge >= 0.3 is 0 Å². The van der Waals surface area contributed by atoms with Crippen LogP contribution in [0.4, 0.5) is 0 Å². The Morgan fingerprint density at radius 2 is 2.14 bits per heavy atom. The number of hydrogen-bond acceptors (Lipinski definition) is 3. The Bertz CT molecular complexity index is 507. The first kappa shape index (κ1) is 18.9. The normalized spacial score (nSPS) is 21.4. The lowest BCUT2D eigenvalue weighted by atomic mass is 9.97. The number of methoxy groups -OCH3 is 1. The monoisotopic (exact) mass is 326 g/mol. The number of benzene rings is 1. The standard InChI is InChI=1S/C17H26N2O2.ClH/c1-12-4-5-13(2)14(8-12)9-17(20)19-7-6-16(21-3)10-15(19)11-18;/h4-5,8,15-16H,6-7,9-11,18H2,1-3H3;1H. The summed E-state index contributed by atoms with van der Waals surface area (Å²) in [6.07, 6.45) is 2.42. The third-order valence-corrected chi connectivity index (χ3v) is 4.44. The zero-order valence-electron chi connectivity index (χ0n) is 13.7. The van der Waals surface area contributed by atoms with E-state index >= 15 is 0 Å². The minimum absolute atomic E-state index is 0. The van der Waals surface area contributed by atoms with E-state index in [-0.39, 0.29) is 30.5 Å². The minimum Gasteiger partial charge on any atom is -0.381 e. The molecule has 2 rings (SSSR count). The Kier molecular flexibility index (Phi) is 7.33. The molecule has 124 valence electrons. The van der Waals surface area contributed by atoms with Gasteiger partial charge in [0.1, 0.15) is 0 Å². The van der Waals surface area contributed by atoms with Crippen molar-refractivity contribution in [1.82, 2.24) is 4.90 Å². The lowest BCUT2D eigenvalue weighted by molar-refractivity contribution is -0.136. The average molecular weight is 327 g/mol. The van der Waals surface area contributed by atoms with E-state index in [4.69, 9.17) is 10.5 Å². The Balaban J connectivity index is 0.00000242. The average Bonchev–Trinajstić information content (AvgIpc) is 2.50. The Labute approximate surface area is 139 Å². The van der Waals surface area contributed by atoms with Gasteiger partial charge in [-0.15, -0.1) is 12.4 Å². The van der Waals surface area contributed by atoms with Crippen molar-refractivity contribution >= 4 is 18.3 Å². The smallest absolute Gasteiger partial charge is 0.227 e. The van der Waals surface area contributed by atoms with Crippen LogP contribution in [-0.4, -0.2) is 43.2 Å². The number of nitrogens with two attached hydrogens (primary N) is 1. The molecule has 1 aliphatic rings. The maximum atomic E-state index is 12.6. The first-order valence-electron chi connectivity index (χ1n) is 7.63. The third-order valence-electron chi connectivity index (χ3n) is 4.44. The Morgan fingerprint density at radius 3 is 2.77 bits per heavy atom. The maximum absolute atomic E-state index is 12.6. The molecule has 2 N–H and O–H groups in total. The molecule has 1 heterocycles. The molecule has 0 spiro atoms. The largest absolute Gasteiger partial charge is 0.381 e. The molecule has 2 atom stereocenters. The molecule has 0 radical (unpaired) electrons. The molecule has 4 nitrogen and oxygen atoms in total. The van der Waals surface area contributed by atoms with Crippen LogP contribution in [0, 0.1) is 13.8 Å². The van der Waals surface area contributed by atoms with E-state index in [2.05, 4.69) is 32.0 Å². The SMILES string of the molecule is COC1CCN(C(=O)Cc2cc(C)ccc2C)C(CN)C1.Cl. The summed E-state index contributed by atoms with van der Waals surface area (Å²) in [6, 6.07) is 6.36. The van der Waals surface area contributed by atoms with Gasteiger partial charge in [0.05, 0.1) is 12.5 Å². The fourth-order valence-electron chi connectivity index (χ4n) is 3.04.